The van der Waals surface area contributed by atoms with E-state index >= 15 is 0 Å². The molecule has 0 atom stereocenters. The molecular weight excluding hydrogens is 399 g/mol. The number of sulfonamides is 1. The van der Waals surface area contributed by atoms with Crippen molar-refractivity contribution in [3.05, 3.63) is 58.8 Å². The highest BCUT2D eigenvalue weighted by Crippen LogP contribution is 2.17. The third-order valence-corrected chi connectivity index (χ3v) is 5.72. The minimum atomic E-state index is -3.86. The van der Waals surface area contributed by atoms with Gasteiger partial charge in [-0.2, -0.15) is 4.31 Å². The lowest BCUT2D eigenvalue weighted by Crippen LogP contribution is -2.37. The van der Waals surface area contributed by atoms with E-state index in [2.05, 4.69) is 21.2 Å². The van der Waals surface area contributed by atoms with E-state index in [1.54, 1.807) is 31.2 Å². The van der Waals surface area contributed by atoms with Crippen molar-refractivity contribution in [1.82, 2.24) is 4.31 Å². The maximum Gasteiger partial charge on any atom is 0.243 e. The van der Waals surface area contributed by atoms with Gasteiger partial charge >= 0.3 is 0 Å². The van der Waals surface area contributed by atoms with Crippen molar-refractivity contribution in [2.24, 2.45) is 0 Å². The third-order valence-electron chi connectivity index (χ3n) is 3.25. The second-order valence-corrected chi connectivity index (χ2v) is 7.79. The molecule has 0 bridgehead atoms. The predicted octanol–water partition coefficient (Wildman–Crippen LogP) is 3.24. The molecule has 0 radical (unpaired) electrons. The van der Waals surface area contributed by atoms with Crippen LogP contribution in [0.4, 0.5) is 10.1 Å². The van der Waals surface area contributed by atoms with Crippen molar-refractivity contribution in [2.45, 2.75) is 11.8 Å². The van der Waals surface area contributed by atoms with Crippen LogP contribution in [-0.2, 0) is 14.8 Å². The highest BCUT2D eigenvalue weighted by molar-refractivity contribution is 9.10. The van der Waals surface area contributed by atoms with E-state index in [1.165, 1.54) is 12.1 Å². The molecule has 2 rings (SSSR count). The number of halogens is 2. The van der Waals surface area contributed by atoms with Crippen molar-refractivity contribution in [3.63, 3.8) is 0 Å². The first-order valence-corrected chi connectivity index (χ1v) is 9.37. The molecule has 8 heteroatoms. The van der Waals surface area contributed by atoms with Gasteiger partial charge in [0, 0.05) is 16.7 Å². The van der Waals surface area contributed by atoms with Crippen LogP contribution in [0.3, 0.4) is 0 Å². The summed E-state index contributed by atoms with van der Waals surface area (Å²) in [5.74, 6) is -0.977. The first-order valence-electron chi connectivity index (χ1n) is 7.14. The number of benzene rings is 2. The van der Waals surface area contributed by atoms with E-state index in [0.29, 0.717) is 5.69 Å². The van der Waals surface area contributed by atoms with E-state index < -0.39 is 21.7 Å². The highest BCUT2D eigenvalue weighted by atomic mass is 79.9. The molecule has 0 aromatic heterocycles. The quantitative estimate of drug-likeness (QED) is 0.788. The van der Waals surface area contributed by atoms with Crippen molar-refractivity contribution in [2.75, 3.05) is 18.4 Å². The molecule has 0 aliphatic heterocycles. The van der Waals surface area contributed by atoms with Crippen LogP contribution in [0.25, 0.3) is 0 Å². The van der Waals surface area contributed by atoms with Gasteiger partial charge in [-0.05, 0) is 48.5 Å². The van der Waals surface area contributed by atoms with Crippen molar-refractivity contribution < 1.29 is 17.6 Å². The predicted molar refractivity (Wildman–Crippen MR) is 93.6 cm³/mol. The molecule has 0 saturated carbocycles. The summed E-state index contributed by atoms with van der Waals surface area (Å²) >= 11 is 3.29. The Morgan fingerprint density at radius 3 is 2.25 bits per heavy atom. The van der Waals surface area contributed by atoms with E-state index in [4.69, 9.17) is 0 Å². The molecule has 0 fully saturated rings. The van der Waals surface area contributed by atoms with Gasteiger partial charge in [0.2, 0.25) is 15.9 Å². The average molecular weight is 415 g/mol. The molecule has 5 nitrogen and oxygen atoms in total. The Labute approximate surface area is 148 Å². The highest BCUT2D eigenvalue weighted by Gasteiger charge is 2.25. The number of amides is 1. The smallest absolute Gasteiger partial charge is 0.243 e. The zero-order chi connectivity index (χ0) is 17.7. The van der Waals surface area contributed by atoms with Crippen LogP contribution < -0.4 is 5.32 Å². The fourth-order valence-corrected chi connectivity index (χ4v) is 3.69. The van der Waals surface area contributed by atoms with Crippen LogP contribution in [0.5, 0.6) is 0 Å². The van der Waals surface area contributed by atoms with Crippen LogP contribution in [0, 0.1) is 5.82 Å². The van der Waals surface area contributed by atoms with Crippen molar-refractivity contribution in [3.8, 4) is 0 Å². The standard InChI is InChI=1S/C16H16BrFN2O3S/c1-2-20(24(22,23)15-9-5-13(18)6-10-15)11-16(21)19-14-7-3-12(17)4-8-14/h3-10H,2,11H2,1H3,(H,19,21). The molecule has 0 heterocycles. The van der Waals surface area contributed by atoms with Crippen LogP contribution in [0.2, 0.25) is 0 Å². The summed E-state index contributed by atoms with van der Waals surface area (Å²) in [6, 6.07) is 11.4. The van der Waals surface area contributed by atoms with Gasteiger partial charge < -0.3 is 5.32 Å². The monoisotopic (exact) mass is 414 g/mol. The first-order chi connectivity index (χ1) is 11.3. The van der Waals surface area contributed by atoms with Crippen LogP contribution in [0.15, 0.2) is 57.9 Å². The summed E-state index contributed by atoms with van der Waals surface area (Å²) < 4.78 is 39.9. The molecule has 0 saturated heterocycles. The normalized spacial score (nSPS) is 11.5. The molecule has 0 aliphatic rings. The summed E-state index contributed by atoms with van der Waals surface area (Å²) in [5, 5.41) is 2.64. The van der Waals surface area contributed by atoms with Crippen LogP contribution >= 0.6 is 15.9 Å². The van der Waals surface area contributed by atoms with Gasteiger partial charge in [0.15, 0.2) is 0 Å². The minimum Gasteiger partial charge on any atom is -0.325 e. The number of hydrogen-bond donors (Lipinski definition) is 1. The number of hydrogen-bond acceptors (Lipinski definition) is 3. The SMILES string of the molecule is CCN(CC(=O)Nc1ccc(Br)cc1)S(=O)(=O)c1ccc(F)cc1. The van der Waals surface area contributed by atoms with Crippen molar-refractivity contribution in [1.29, 1.82) is 0 Å². The molecule has 2 aromatic rings. The Hall–Kier alpha value is -1.77. The van der Waals surface area contributed by atoms with E-state index in [0.717, 1.165) is 20.9 Å². The molecule has 0 unspecified atom stereocenters. The third kappa shape index (κ3) is 4.62. The van der Waals surface area contributed by atoms with Gasteiger partial charge in [-0.25, -0.2) is 12.8 Å². The molecule has 1 amide bonds. The number of anilines is 1. The van der Waals surface area contributed by atoms with Gasteiger partial charge in [0.25, 0.3) is 0 Å². The Balaban J connectivity index is 2.11. The molecule has 0 spiro atoms. The van der Waals surface area contributed by atoms with Gasteiger partial charge in [0.1, 0.15) is 5.82 Å². The molecule has 2 aromatic carbocycles. The summed E-state index contributed by atoms with van der Waals surface area (Å²) in [7, 11) is -3.86. The average Bonchev–Trinajstić information content (AvgIpc) is 2.55. The number of nitrogens with zero attached hydrogens (tertiary/aromatic N) is 1. The fraction of sp³-hybridized carbons (Fsp3) is 0.188. The lowest BCUT2D eigenvalue weighted by Gasteiger charge is -2.20. The maximum atomic E-state index is 13.0. The van der Waals surface area contributed by atoms with Crippen LogP contribution in [0.1, 0.15) is 6.92 Å². The van der Waals surface area contributed by atoms with Crippen molar-refractivity contribution >= 4 is 37.5 Å². The fourth-order valence-electron chi connectivity index (χ4n) is 2.02. The number of carbonyl (C=O) groups is 1. The van der Waals surface area contributed by atoms with E-state index in [9.17, 15) is 17.6 Å². The molecule has 128 valence electrons. The molecular formula is C16H16BrFN2O3S. The van der Waals surface area contributed by atoms with Crippen LogP contribution in [-0.4, -0.2) is 31.7 Å². The molecule has 24 heavy (non-hydrogen) atoms. The second-order valence-electron chi connectivity index (χ2n) is 4.94. The van der Waals surface area contributed by atoms with E-state index in [1.807, 2.05) is 0 Å². The number of carbonyl (C=O) groups excluding carboxylic acids is 1. The molecule has 0 aliphatic carbocycles. The summed E-state index contributed by atoms with van der Waals surface area (Å²) in [6.45, 7) is 1.42. The lowest BCUT2D eigenvalue weighted by molar-refractivity contribution is -0.116. The summed E-state index contributed by atoms with van der Waals surface area (Å²) in [5.41, 5.74) is 0.568. The number of likely N-dealkylation sites (N-methyl/N-ethyl adjacent to an activating group) is 1. The first kappa shape index (κ1) is 18.6. The lowest BCUT2D eigenvalue weighted by atomic mass is 10.3. The van der Waals surface area contributed by atoms with Gasteiger partial charge in [-0.1, -0.05) is 22.9 Å². The summed E-state index contributed by atoms with van der Waals surface area (Å²) in [6.07, 6.45) is 0. The Bertz CT molecular complexity index is 808. The molecule has 1 N–H and O–H groups in total. The van der Waals surface area contributed by atoms with Gasteiger partial charge in [-0.3, -0.25) is 4.79 Å². The maximum absolute atomic E-state index is 13.0. The second kappa shape index (κ2) is 7.87. The van der Waals surface area contributed by atoms with Gasteiger partial charge in [-0.15, -0.1) is 0 Å². The zero-order valence-corrected chi connectivity index (χ0v) is 15.3. The topological polar surface area (TPSA) is 66.5 Å². The minimum absolute atomic E-state index is 0.0535. The number of nitrogens with one attached hydrogen (secondary N) is 1. The van der Waals surface area contributed by atoms with Gasteiger partial charge in [0.05, 0.1) is 11.4 Å². The Morgan fingerprint density at radius 2 is 1.71 bits per heavy atom. The Morgan fingerprint density at radius 1 is 1.12 bits per heavy atom. The van der Waals surface area contributed by atoms with E-state index in [-0.39, 0.29) is 18.0 Å². The number of rotatable bonds is 6. The Kier molecular flexibility index (Phi) is 6.09. The summed E-state index contributed by atoms with van der Waals surface area (Å²) in [4.78, 5) is 12.1. The zero-order valence-electron chi connectivity index (χ0n) is 12.9. The largest absolute Gasteiger partial charge is 0.325 e.